The molecule has 0 atom stereocenters. The summed E-state index contributed by atoms with van der Waals surface area (Å²) in [5.74, 6) is -0.285. The second-order valence-electron chi connectivity index (χ2n) is 4.13. The van der Waals surface area contributed by atoms with E-state index >= 15 is 0 Å². The lowest BCUT2D eigenvalue weighted by atomic mass is 10.0. The molecule has 2 heterocycles. The quantitative estimate of drug-likeness (QED) is 0.521. The van der Waals surface area contributed by atoms with Crippen LogP contribution in [0.2, 0.25) is 5.02 Å². The van der Waals surface area contributed by atoms with Crippen LogP contribution in [-0.2, 0) is 0 Å². The Kier molecular flexibility index (Phi) is 4.09. The first-order valence-corrected chi connectivity index (χ1v) is 8.41. The van der Waals surface area contributed by atoms with Crippen molar-refractivity contribution in [3.63, 3.8) is 0 Å². The van der Waals surface area contributed by atoms with Gasteiger partial charge in [0.15, 0.2) is 0 Å². The van der Waals surface area contributed by atoms with Crippen LogP contribution in [0.25, 0.3) is 22.4 Å². The van der Waals surface area contributed by atoms with E-state index in [0.29, 0.717) is 16.8 Å². The van der Waals surface area contributed by atoms with Crippen molar-refractivity contribution in [1.29, 1.82) is 0 Å². The first-order chi connectivity index (χ1) is 9.97. The number of thiophene rings is 1. The number of anilines is 1. The van der Waals surface area contributed by atoms with Crippen LogP contribution < -0.4 is 5.73 Å². The van der Waals surface area contributed by atoms with Crippen LogP contribution >= 0.6 is 54.8 Å². The maximum atomic E-state index is 13.2. The number of nitrogen functional groups attached to an aromatic ring is 1. The summed E-state index contributed by atoms with van der Waals surface area (Å²) in [6.45, 7) is 0. The molecule has 0 bridgehead atoms. The molecule has 0 amide bonds. The van der Waals surface area contributed by atoms with Crippen LogP contribution in [0.3, 0.4) is 0 Å². The third-order valence-corrected chi connectivity index (χ3v) is 5.48. The van der Waals surface area contributed by atoms with Gasteiger partial charge in [-0.3, -0.25) is 0 Å². The van der Waals surface area contributed by atoms with Gasteiger partial charge in [0.05, 0.1) is 18.2 Å². The predicted molar refractivity (Wildman–Crippen MR) is 90.0 cm³/mol. The van der Waals surface area contributed by atoms with Gasteiger partial charge in [0.25, 0.3) is 0 Å². The molecule has 0 aliphatic rings. The van der Waals surface area contributed by atoms with Crippen molar-refractivity contribution in [2.45, 2.75) is 0 Å². The smallest absolute Gasteiger partial charge is 0.230 e. The molecule has 8 heteroatoms. The van der Waals surface area contributed by atoms with E-state index in [1.807, 2.05) is 6.07 Å². The molecule has 0 fully saturated rings. The van der Waals surface area contributed by atoms with E-state index in [4.69, 9.17) is 21.9 Å². The number of aromatic nitrogens is 1. The second kappa shape index (κ2) is 5.72. The molecule has 0 radical (unpaired) electrons. The lowest BCUT2D eigenvalue weighted by Gasteiger charge is -2.04. The Morgan fingerprint density at radius 2 is 2.00 bits per heavy atom. The van der Waals surface area contributed by atoms with Crippen molar-refractivity contribution in [2.24, 2.45) is 0 Å². The van der Waals surface area contributed by atoms with Gasteiger partial charge in [-0.2, -0.15) is 0 Å². The molecule has 3 aromatic rings. The molecule has 3 rings (SSSR count). The van der Waals surface area contributed by atoms with Crippen molar-refractivity contribution in [2.75, 3.05) is 5.73 Å². The van der Waals surface area contributed by atoms with Crippen molar-refractivity contribution in [3.05, 3.63) is 42.7 Å². The zero-order valence-electron chi connectivity index (χ0n) is 10.2. The normalized spacial score (nSPS) is 11.0. The minimum Gasteiger partial charge on any atom is -0.367 e. The third-order valence-electron chi connectivity index (χ3n) is 2.83. The number of rotatable bonds is 2. The lowest BCUT2D eigenvalue weighted by molar-refractivity contribution is 0.439. The molecule has 0 saturated heterocycles. The van der Waals surface area contributed by atoms with Crippen LogP contribution in [0, 0.1) is 5.82 Å². The van der Waals surface area contributed by atoms with Gasteiger partial charge >= 0.3 is 0 Å². The Labute approximate surface area is 145 Å². The fourth-order valence-corrected chi connectivity index (χ4v) is 5.01. The minimum atomic E-state index is -0.417. The van der Waals surface area contributed by atoms with E-state index in [0.717, 1.165) is 13.1 Å². The summed E-state index contributed by atoms with van der Waals surface area (Å²) in [6, 6.07) is 5.99. The van der Waals surface area contributed by atoms with Crippen LogP contribution in [-0.4, -0.2) is 5.16 Å². The second-order valence-corrected chi connectivity index (χ2v) is 8.29. The molecular formula is C13H6Br2ClFN2OS. The highest BCUT2D eigenvalue weighted by Crippen LogP contribution is 2.45. The van der Waals surface area contributed by atoms with Gasteiger partial charge in [0.1, 0.15) is 11.5 Å². The van der Waals surface area contributed by atoms with Gasteiger partial charge in [0, 0.05) is 11.1 Å². The molecule has 0 spiro atoms. The lowest BCUT2D eigenvalue weighted by Crippen LogP contribution is -1.89. The van der Waals surface area contributed by atoms with Crippen molar-refractivity contribution < 1.29 is 8.91 Å². The summed E-state index contributed by atoms with van der Waals surface area (Å²) >= 11 is 14.5. The number of nitrogens with two attached hydrogens (primary N) is 1. The topological polar surface area (TPSA) is 52.0 Å². The Morgan fingerprint density at radius 1 is 1.24 bits per heavy atom. The van der Waals surface area contributed by atoms with Gasteiger partial charge in [0.2, 0.25) is 5.88 Å². The fourth-order valence-electron chi connectivity index (χ4n) is 1.94. The molecule has 108 valence electrons. The zero-order chi connectivity index (χ0) is 15.1. The zero-order valence-corrected chi connectivity index (χ0v) is 14.9. The third kappa shape index (κ3) is 2.75. The number of halogens is 4. The standard InChI is InChI=1S/C13H6Br2ClFN2OS/c14-9-4-7(12(15)21-9)11-10(13(18)20-19-11)6-2-1-5(17)3-8(6)16/h1-4H,18H2. The molecule has 2 aromatic heterocycles. The van der Waals surface area contributed by atoms with Gasteiger partial charge in [-0.1, -0.05) is 16.8 Å². The van der Waals surface area contributed by atoms with Crippen LogP contribution in [0.1, 0.15) is 0 Å². The highest BCUT2D eigenvalue weighted by molar-refractivity contribution is 9.12. The summed E-state index contributed by atoms with van der Waals surface area (Å²) in [5, 5.41) is 4.25. The average molecular weight is 453 g/mol. The van der Waals surface area contributed by atoms with Crippen LogP contribution in [0.4, 0.5) is 10.3 Å². The molecular weight excluding hydrogens is 446 g/mol. The molecule has 0 aliphatic heterocycles. The van der Waals surface area contributed by atoms with Crippen LogP contribution in [0.15, 0.2) is 36.4 Å². The number of benzene rings is 1. The van der Waals surface area contributed by atoms with E-state index < -0.39 is 5.82 Å². The first kappa shape index (κ1) is 15.0. The maximum absolute atomic E-state index is 13.2. The van der Waals surface area contributed by atoms with Gasteiger partial charge in [-0.15, -0.1) is 11.3 Å². The number of hydrogen-bond acceptors (Lipinski definition) is 4. The molecule has 21 heavy (non-hydrogen) atoms. The largest absolute Gasteiger partial charge is 0.367 e. The Bertz CT molecular complexity index is 834. The molecule has 0 aliphatic carbocycles. The monoisotopic (exact) mass is 450 g/mol. The predicted octanol–water partition coefficient (Wildman–Crippen LogP) is 5.97. The van der Waals surface area contributed by atoms with Crippen molar-refractivity contribution in [1.82, 2.24) is 5.16 Å². The first-order valence-electron chi connectivity index (χ1n) is 5.63. The van der Waals surface area contributed by atoms with Gasteiger partial charge in [-0.25, -0.2) is 4.39 Å². The Morgan fingerprint density at radius 3 is 2.62 bits per heavy atom. The van der Waals surface area contributed by atoms with Crippen LogP contribution in [0.5, 0.6) is 0 Å². The number of nitrogens with zero attached hydrogens (tertiary/aromatic N) is 1. The average Bonchev–Trinajstić information content (AvgIpc) is 2.93. The summed E-state index contributed by atoms with van der Waals surface area (Å²) in [5.41, 5.74) is 8.36. The number of hydrogen-bond donors (Lipinski definition) is 1. The molecule has 3 nitrogen and oxygen atoms in total. The van der Waals surface area contributed by atoms with E-state index in [1.165, 1.54) is 23.5 Å². The fraction of sp³-hybridized carbons (Fsp3) is 0. The van der Waals surface area contributed by atoms with E-state index in [2.05, 4.69) is 37.0 Å². The summed E-state index contributed by atoms with van der Waals surface area (Å²) < 4.78 is 20.1. The minimum absolute atomic E-state index is 0.132. The highest BCUT2D eigenvalue weighted by atomic mass is 79.9. The molecule has 0 saturated carbocycles. The van der Waals surface area contributed by atoms with E-state index in [9.17, 15) is 4.39 Å². The Balaban J connectivity index is 2.24. The SMILES string of the molecule is Nc1onc(-c2cc(Br)sc2Br)c1-c1ccc(F)cc1Cl. The highest BCUT2D eigenvalue weighted by Gasteiger charge is 2.22. The summed E-state index contributed by atoms with van der Waals surface area (Å²) in [7, 11) is 0. The van der Waals surface area contributed by atoms with Crippen molar-refractivity contribution >= 4 is 60.7 Å². The maximum Gasteiger partial charge on any atom is 0.230 e. The molecule has 0 unspecified atom stereocenters. The van der Waals surface area contributed by atoms with Crippen molar-refractivity contribution in [3.8, 4) is 22.4 Å². The molecule has 2 N–H and O–H groups in total. The van der Waals surface area contributed by atoms with Gasteiger partial charge in [-0.05, 0) is 56.1 Å². The Hall–Kier alpha value is -0.890. The summed E-state index contributed by atoms with van der Waals surface area (Å²) in [4.78, 5) is 0. The van der Waals surface area contributed by atoms with Gasteiger partial charge < -0.3 is 10.3 Å². The molecule has 1 aromatic carbocycles. The van der Waals surface area contributed by atoms with E-state index in [-0.39, 0.29) is 10.9 Å². The van der Waals surface area contributed by atoms with E-state index in [1.54, 1.807) is 6.07 Å². The summed E-state index contributed by atoms with van der Waals surface area (Å²) in [6.07, 6.45) is 0.